The van der Waals surface area contributed by atoms with Crippen molar-refractivity contribution >= 4 is 26.0 Å². The molecule has 0 aromatic heterocycles. The van der Waals surface area contributed by atoms with Crippen LogP contribution in [0.5, 0.6) is 5.75 Å². The molecule has 1 unspecified atom stereocenters. The molecule has 39 heavy (non-hydrogen) atoms. The average Bonchev–Trinajstić information content (AvgIpc) is 3.67. The third-order valence-corrected chi connectivity index (χ3v) is 15.2. The lowest BCUT2D eigenvalue weighted by atomic mass is 9.99. The van der Waals surface area contributed by atoms with Crippen molar-refractivity contribution in [3.05, 3.63) is 64.2 Å². The van der Waals surface area contributed by atoms with Crippen molar-refractivity contribution in [3.8, 4) is 5.75 Å². The second kappa shape index (κ2) is 9.94. The van der Waals surface area contributed by atoms with E-state index < -0.39 is 59.4 Å². The Bertz CT molecular complexity index is 1390. The summed E-state index contributed by atoms with van der Waals surface area (Å²) in [5.41, 5.74) is -0.576. The highest BCUT2D eigenvalue weighted by atomic mass is 32.3. The number of carbonyl (C=O) groups excluding carboxylic acids is 1. The Morgan fingerprint density at radius 1 is 1.03 bits per heavy atom. The Morgan fingerprint density at radius 2 is 1.64 bits per heavy atom. The van der Waals surface area contributed by atoms with Crippen LogP contribution < -0.4 is 4.74 Å². The minimum Gasteiger partial charge on any atom is -0.489 e. The van der Waals surface area contributed by atoms with Gasteiger partial charge in [-0.05, 0) is 79.5 Å². The van der Waals surface area contributed by atoms with Gasteiger partial charge in [-0.3, -0.25) is 4.79 Å². The zero-order chi connectivity index (χ0) is 29.1. The molecule has 1 amide bonds. The van der Waals surface area contributed by atoms with E-state index in [0.29, 0.717) is 36.1 Å². The fraction of sp³-hybridized carbons (Fsp3) is 0.519. The maximum atomic E-state index is 15.6. The SMILES string of the molecule is CC(C)(C)S(C)(C)N(C(=O)c1cc(C2CC2)c(COc2cc(F)cc(C(F)(F)F)c2)cc1F)S(=N)(=O)C1CC1. The van der Waals surface area contributed by atoms with Crippen LogP contribution in [0.15, 0.2) is 30.3 Å². The van der Waals surface area contributed by atoms with Crippen LogP contribution in [0.4, 0.5) is 22.0 Å². The summed E-state index contributed by atoms with van der Waals surface area (Å²) in [6.07, 6.45) is 1.50. The Balaban J connectivity index is 1.70. The number of nitrogens with zero attached hydrogens (tertiary/aromatic N) is 1. The number of carbonyl (C=O) groups is 1. The number of rotatable bonds is 8. The van der Waals surface area contributed by atoms with Crippen molar-refractivity contribution in [1.29, 1.82) is 4.78 Å². The standard InChI is InChI=1S/C27H33F5N2O3S2/c1-26(2,3)38(4,5)34(39(33,36)21-8-9-21)25(35)23-14-22(16-6-7-16)17(10-24(23)29)15-37-20-12-18(27(30,31)32)11-19(28)13-20/h10-14,16,21,33H,6-9,15H2,1-5H3. The molecule has 0 spiro atoms. The van der Waals surface area contributed by atoms with Gasteiger partial charge in [-0.2, -0.15) is 23.4 Å². The maximum Gasteiger partial charge on any atom is 0.416 e. The number of halogens is 5. The molecule has 2 aliphatic carbocycles. The van der Waals surface area contributed by atoms with Gasteiger partial charge in [0.05, 0.1) is 16.4 Å². The van der Waals surface area contributed by atoms with Gasteiger partial charge in [-0.1, -0.05) is 20.8 Å². The summed E-state index contributed by atoms with van der Waals surface area (Å²) in [6, 6.07) is 4.35. The number of ether oxygens (including phenoxy) is 1. The van der Waals surface area contributed by atoms with Crippen LogP contribution in [0, 0.1) is 16.4 Å². The van der Waals surface area contributed by atoms with Crippen LogP contribution in [0.25, 0.3) is 0 Å². The minimum absolute atomic E-state index is 0.00536. The van der Waals surface area contributed by atoms with E-state index in [-0.39, 0.29) is 23.8 Å². The number of nitrogens with one attached hydrogen (secondary N) is 1. The predicted molar refractivity (Wildman–Crippen MR) is 143 cm³/mol. The summed E-state index contributed by atoms with van der Waals surface area (Å²) >= 11 is 0. The lowest BCUT2D eigenvalue weighted by Gasteiger charge is -2.52. The highest BCUT2D eigenvalue weighted by Gasteiger charge is 2.48. The number of alkyl halides is 3. The van der Waals surface area contributed by atoms with Gasteiger partial charge in [0, 0.05) is 10.8 Å². The highest BCUT2D eigenvalue weighted by molar-refractivity contribution is 8.36. The molecule has 2 aromatic carbocycles. The van der Waals surface area contributed by atoms with E-state index in [0.717, 1.165) is 28.7 Å². The fourth-order valence-corrected chi connectivity index (χ4v) is 9.79. The Hall–Kier alpha value is -2.34. The van der Waals surface area contributed by atoms with Crippen molar-refractivity contribution in [2.24, 2.45) is 0 Å². The summed E-state index contributed by atoms with van der Waals surface area (Å²) in [4.78, 5) is 13.9. The first-order chi connectivity index (χ1) is 17.8. The monoisotopic (exact) mass is 592 g/mol. The first-order valence-corrected chi connectivity index (χ1v) is 16.5. The average molecular weight is 593 g/mol. The smallest absolute Gasteiger partial charge is 0.416 e. The summed E-state index contributed by atoms with van der Waals surface area (Å²) in [6.45, 7) is 5.36. The molecule has 4 rings (SSSR count). The van der Waals surface area contributed by atoms with Crippen molar-refractivity contribution in [1.82, 2.24) is 3.71 Å². The van der Waals surface area contributed by atoms with E-state index in [2.05, 4.69) is 0 Å². The largest absolute Gasteiger partial charge is 0.489 e. The molecule has 0 radical (unpaired) electrons. The van der Waals surface area contributed by atoms with Gasteiger partial charge >= 0.3 is 6.18 Å². The van der Waals surface area contributed by atoms with E-state index in [1.165, 1.54) is 6.07 Å². The maximum absolute atomic E-state index is 15.6. The molecule has 0 heterocycles. The number of hydrogen-bond acceptors (Lipinski definition) is 4. The van der Waals surface area contributed by atoms with Crippen LogP contribution in [0.2, 0.25) is 0 Å². The van der Waals surface area contributed by atoms with E-state index in [9.17, 15) is 26.6 Å². The molecular weight excluding hydrogens is 559 g/mol. The third kappa shape index (κ3) is 6.06. The van der Waals surface area contributed by atoms with Crippen LogP contribution in [-0.4, -0.2) is 36.3 Å². The molecule has 12 heteroatoms. The number of amides is 1. The predicted octanol–water partition coefficient (Wildman–Crippen LogP) is 7.78. The molecule has 2 saturated carbocycles. The van der Waals surface area contributed by atoms with Gasteiger partial charge in [-0.15, -0.1) is 0 Å². The molecular formula is C27H33F5N2O3S2. The van der Waals surface area contributed by atoms with Gasteiger partial charge in [0.25, 0.3) is 5.91 Å². The number of benzene rings is 2. The lowest BCUT2D eigenvalue weighted by Crippen LogP contribution is -2.46. The highest BCUT2D eigenvalue weighted by Crippen LogP contribution is 2.59. The van der Waals surface area contributed by atoms with E-state index in [1.807, 2.05) is 20.8 Å². The quantitative estimate of drug-likeness (QED) is 0.318. The van der Waals surface area contributed by atoms with Crippen LogP contribution in [0.1, 0.15) is 79.4 Å². The summed E-state index contributed by atoms with van der Waals surface area (Å²) in [7, 11) is -5.68. The van der Waals surface area contributed by atoms with Gasteiger partial charge in [0.1, 0.15) is 33.9 Å². The van der Waals surface area contributed by atoms with Crippen molar-refractivity contribution in [3.63, 3.8) is 0 Å². The molecule has 2 aromatic rings. The van der Waals surface area contributed by atoms with Gasteiger partial charge in [-0.25, -0.2) is 21.5 Å². The molecule has 1 N–H and O–H groups in total. The first kappa shape index (κ1) is 29.6. The minimum atomic E-state index is -4.76. The van der Waals surface area contributed by atoms with Gasteiger partial charge in [0.2, 0.25) is 0 Å². The first-order valence-electron chi connectivity index (χ1n) is 12.5. The third-order valence-electron chi connectivity index (χ3n) is 7.37. The van der Waals surface area contributed by atoms with Gasteiger partial charge < -0.3 is 4.74 Å². The zero-order valence-electron chi connectivity index (χ0n) is 22.5. The van der Waals surface area contributed by atoms with E-state index in [4.69, 9.17) is 9.52 Å². The Labute approximate surface area is 227 Å². The normalized spacial score (nSPS) is 18.4. The molecule has 216 valence electrons. The molecule has 5 nitrogen and oxygen atoms in total. The summed E-state index contributed by atoms with van der Waals surface area (Å²) < 4.78 is 97.1. The lowest BCUT2D eigenvalue weighted by molar-refractivity contribution is -0.137. The van der Waals surface area contributed by atoms with Crippen LogP contribution >= 0.6 is 10.2 Å². The van der Waals surface area contributed by atoms with E-state index >= 15 is 4.39 Å². The molecule has 1 atom stereocenters. The molecule has 0 saturated heterocycles. The second-order valence-corrected chi connectivity index (χ2v) is 18.0. The Morgan fingerprint density at radius 3 is 2.15 bits per heavy atom. The van der Waals surface area contributed by atoms with Crippen LogP contribution in [0.3, 0.4) is 0 Å². The second-order valence-electron chi connectivity index (χ2n) is 11.5. The summed E-state index contributed by atoms with van der Waals surface area (Å²) in [5.74, 6) is -3.19. The summed E-state index contributed by atoms with van der Waals surface area (Å²) in [5, 5.41) is -0.456. The Kier molecular flexibility index (Phi) is 7.55. The molecule has 0 bridgehead atoms. The fourth-order valence-electron chi connectivity index (χ4n) is 4.14. The number of hydrogen-bond donors (Lipinski definition) is 1. The van der Waals surface area contributed by atoms with E-state index in [1.54, 1.807) is 12.5 Å². The molecule has 2 aliphatic rings. The van der Waals surface area contributed by atoms with Crippen molar-refractivity contribution in [2.45, 2.75) is 75.2 Å². The van der Waals surface area contributed by atoms with Crippen molar-refractivity contribution in [2.75, 3.05) is 12.5 Å². The molecule has 0 aliphatic heterocycles. The topological polar surface area (TPSA) is 70.5 Å². The van der Waals surface area contributed by atoms with Crippen molar-refractivity contribution < 1.29 is 35.7 Å². The van der Waals surface area contributed by atoms with Crippen LogP contribution in [-0.2, 0) is 22.7 Å². The zero-order valence-corrected chi connectivity index (χ0v) is 24.1. The molecule has 2 fully saturated rings. The van der Waals surface area contributed by atoms with Gasteiger partial charge in [0.15, 0.2) is 0 Å².